The first-order chi connectivity index (χ1) is 13.4. The molecule has 3 rings (SSSR count). The smallest absolute Gasteiger partial charge is 0.169 e. The lowest BCUT2D eigenvalue weighted by molar-refractivity contribution is 0.109. The second-order valence-corrected chi connectivity index (χ2v) is 8.15. The van der Waals surface area contributed by atoms with Crippen molar-refractivity contribution in [3.05, 3.63) is 60.1 Å². The maximum atomic E-state index is 5.65. The molecule has 0 aliphatic rings. The molecule has 0 N–H and O–H groups in total. The van der Waals surface area contributed by atoms with Crippen LogP contribution < -0.4 is 0 Å². The van der Waals surface area contributed by atoms with Gasteiger partial charge in [-0.1, -0.05) is 26.8 Å². The molecule has 1 atom stereocenters. The van der Waals surface area contributed by atoms with Gasteiger partial charge >= 0.3 is 0 Å². The van der Waals surface area contributed by atoms with Crippen molar-refractivity contribution in [3.63, 3.8) is 0 Å². The number of pyridine rings is 1. The van der Waals surface area contributed by atoms with E-state index in [-0.39, 0.29) is 11.6 Å². The lowest BCUT2D eigenvalue weighted by atomic mass is 9.97. The Balaban J connectivity index is 2.00. The van der Waals surface area contributed by atoms with E-state index in [1.807, 2.05) is 29.1 Å². The summed E-state index contributed by atoms with van der Waals surface area (Å²) in [5, 5.41) is 12.8. The van der Waals surface area contributed by atoms with Crippen LogP contribution in [0.1, 0.15) is 64.2 Å². The fourth-order valence-corrected chi connectivity index (χ4v) is 3.42. The Morgan fingerprint density at radius 2 is 2.00 bits per heavy atom. The van der Waals surface area contributed by atoms with Gasteiger partial charge in [-0.2, -0.15) is 0 Å². The minimum atomic E-state index is -0.156. The van der Waals surface area contributed by atoms with Gasteiger partial charge in [-0.3, -0.25) is 9.88 Å². The number of furan rings is 1. The summed E-state index contributed by atoms with van der Waals surface area (Å²) in [4.78, 5) is 6.65. The lowest BCUT2D eigenvalue weighted by Crippen LogP contribution is -2.37. The highest BCUT2D eigenvalue weighted by molar-refractivity contribution is 5.11. The second-order valence-electron chi connectivity index (χ2n) is 8.15. The van der Waals surface area contributed by atoms with Crippen LogP contribution in [0.5, 0.6) is 0 Å². The zero-order chi connectivity index (χ0) is 20.1. The maximum Gasteiger partial charge on any atom is 0.169 e. The van der Waals surface area contributed by atoms with Crippen molar-refractivity contribution in [2.75, 3.05) is 0 Å². The van der Waals surface area contributed by atoms with Crippen LogP contribution in [0.4, 0.5) is 0 Å². The molecule has 0 aliphatic carbocycles. The van der Waals surface area contributed by atoms with Gasteiger partial charge < -0.3 is 4.42 Å². The largest absolute Gasteiger partial charge is 0.468 e. The Hall–Kier alpha value is -2.54. The Kier molecular flexibility index (Phi) is 6.24. The third-order valence-electron chi connectivity index (χ3n) is 5.27. The van der Waals surface area contributed by atoms with Crippen molar-refractivity contribution in [2.45, 2.75) is 65.7 Å². The highest BCUT2D eigenvalue weighted by Gasteiger charge is 2.33. The molecule has 3 aromatic rings. The molecule has 0 unspecified atom stereocenters. The lowest BCUT2D eigenvalue weighted by Gasteiger charge is -2.35. The molecule has 7 nitrogen and oxygen atoms in total. The third kappa shape index (κ3) is 4.47. The van der Waals surface area contributed by atoms with Gasteiger partial charge in [0.25, 0.3) is 0 Å². The van der Waals surface area contributed by atoms with Crippen LogP contribution in [0, 0.1) is 5.92 Å². The topological polar surface area (TPSA) is 72.9 Å². The molecule has 0 bridgehead atoms. The van der Waals surface area contributed by atoms with Crippen LogP contribution >= 0.6 is 0 Å². The van der Waals surface area contributed by atoms with Gasteiger partial charge in [0.1, 0.15) is 5.76 Å². The number of hydrogen-bond donors (Lipinski definition) is 0. The number of tetrazole rings is 1. The molecule has 7 heteroatoms. The van der Waals surface area contributed by atoms with Gasteiger partial charge in [-0.05, 0) is 60.4 Å². The van der Waals surface area contributed by atoms with Crippen LogP contribution in [0.25, 0.3) is 0 Å². The molecule has 0 spiro atoms. The predicted molar refractivity (Wildman–Crippen MR) is 107 cm³/mol. The molecule has 150 valence electrons. The first-order valence-electron chi connectivity index (χ1n) is 9.86. The Labute approximate surface area is 166 Å². The van der Waals surface area contributed by atoms with Crippen LogP contribution in [-0.2, 0) is 18.6 Å². The highest BCUT2D eigenvalue weighted by Crippen LogP contribution is 2.33. The van der Waals surface area contributed by atoms with Crippen molar-refractivity contribution < 1.29 is 4.42 Å². The van der Waals surface area contributed by atoms with E-state index in [0.29, 0.717) is 12.5 Å². The number of aromatic nitrogens is 5. The monoisotopic (exact) mass is 382 g/mol. The SMILES string of the molecule is CCC(C)(C)n1nnnc1[C@H](C(C)C)N(Cc1cccnc1)Cc1ccco1. The van der Waals surface area contributed by atoms with Gasteiger partial charge in [-0.25, -0.2) is 4.68 Å². The standard InChI is InChI=1S/C21H30N6O/c1-6-21(4,5)27-20(23-24-25-27)19(16(2)3)26(15-18-10-8-12-28-18)14-17-9-7-11-22-13-17/h7-13,16,19H,6,14-15H2,1-5H3/t19-/m0/s1. The molecule has 0 aromatic carbocycles. The molecule has 3 aromatic heterocycles. The van der Waals surface area contributed by atoms with Crippen molar-refractivity contribution >= 4 is 0 Å². The minimum Gasteiger partial charge on any atom is -0.468 e. The Morgan fingerprint density at radius 1 is 1.18 bits per heavy atom. The molecule has 28 heavy (non-hydrogen) atoms. The van der Waals surface area contributed by atoms with E-state index in [1.54, 1.807) is 12.5 Å². The molecule has 0 saturated carbocycles. The Morgan fingerprint density at radius 3 is 2.61 bits per heavy atom. The van der Waals surface area contributed by atoms with E-state index in [1.165, 1.54) is 0 Å². The summed E-state index contributed by atoms with van der Waals surface area (Å²) in [5.74, 6) is 2.12. The normalized spacial score (nSPS) is 13.4. The molecule has 0 saturated heterocycles. The van der Waals surface area contributed by atoms with Crippen LogP contribution in [0.2, 0.25) is 0 Å². The average molecular weight is 383 g/mol. The summed E-state index contributed by atoms with van der Waals surface area (Å²) >= 11 is 0. The quantitative estimate of drug-likeness (QED) is 0.552. The van der Waals surface area contributed by atoms with Crippen molar-refractivity contribution in [3.8, 4) is 0 Å². The predicted octanol–water partition coefficient (Wildman–Crippen LogP) is 4.21. The van der Waals surface area contributed by atoms with Gasteiger partial charge in [0.05, 0.1) is 24.4 Å². The van der Waals surface area contributed by atoms with E-state index >= 15 is 0 Å². The van der Waals surface area contributed by atoms with Crippen LogP contribution in [0.3, 0.4) is 0 Å². The molecule has 0 amide bonds. The Bertz CT molecular complexity index is 841. The summed E-state index contributed by atoms with van der Waals surface area (Å²) in [6.45, 7) is 12.3. The molecular weight excluding hydrogens is 352 g/mol. The molecule has 0 fully saturated rings. The van der Waals surface area contributed by atoms with E-state index in [0.717, 1.165) is 30.1 Å². The summed E-state index contributed by atoms with van der Waals surface area (Å²) in [6, 6.07) is 8.03. The van der Waals surface area contributed by atoms with Crippen LogP contribution in [0.15, 0.2) is 47.3 Å². The molecular formula is C21H30N6O. The number of hydrogen-bond acceptors (Lipinski definition) is 6. The maximum absolute atomic E-state index is 5.65. The fraction of sp³-hybridized carbons (Fsp3) is 0.524. The van der Waals surface area contributed by atoms with E-state index in [4.69, 9.17) is 4.42 Å². The van der Waals surface area contributed by atoms with E-state index < -0.39 is 0 Å². The average Bonchev–Trinajstić information content (AvgIpc) is 3.35. The van der Waals surface area contributed by atoms with Crippen molar-refractivity contribution in [1.82, 2.24) is 30.1 Å². The molecule has 0 radical (unpaired) electrons. The van der Waals surface area contributed by atoms with Crippen LogP contribution in [-0.4, -0.2) is 30.1 Å². The number of nitrogens with zero attached hydrogens (tertiary/aromatic N) is 6. The minimum absolute atomic E-state index is 0.0335. The first kappa shape index (κ1) is 20.2. The summed E-state index contributed by atoms with van der Waals surface area (Å²) in [7, 11) is 0. The molecule has 3 heterocycles. The third-order valence-corrected chi connectivity index (χ3v) is 5.27. The van der Waals surface area contributed by atoms with E-state index in [9.17, 15) is 0 Å². The van der Waals surface area contributed by atoms with Crippen molar-refractivity contribution in [1.29, 1.82) is 0 Å². The van der Waals surface area contributed by atoms with Gasteiger partial charge in [0.2, 0.25) is 0 Å². The first-order valence-corrected chi connectivity index (χ1v) is 9.86. The van der Waals surface area contributed by atoms with Gasteiger partial charge in [-0.15, -0.1) is 5.10 Å². The second kappa shape index (κ2) is 8.65. The highest BCUT2D eigenvalue weighted by atomic mass is 16.3. The molecule has 0 aliphatic heterocycles. The summed E-state index contributed by atoms with van der Waals surface area (Å²) < 4.78 is 7.63. The van der Waals surface area contributed by atoms with Crippen molar-refractivity contribution in [2.24, 2.45) is 5.92 Å². The van der Waals surface area contributed by atoms with Gasteiger partial charge in [0, 0.05) is 18.9 Å². The summed E-state index contributed by atoms with van der Waals surface area (Å²) in [6.07, 6.45) is 6.36. The zero-order valence-electron chi connectivity index (χ0n) is 17.4. The summed E-state index contributed by atoms with van der Waals surface area (Å²) in [5.41, 5.74) is 0.991. The zero-order valence-corrected chi connectivity index (χ0v) is 17.4. The van der Waals surface area contributed by atoms with Gasteiger partial charge in [0.15, 0.2) is 5.82 Å². The van der Waals surface area contributed by atoms with E-state index in [2.05, 4.69) is 66.1 Å². The number of rotatable bonds is 9. The fourth-order valence-electron chi connectivity index (χ4n) is 3.42.